The molecule has 0 aromatic carbocycles. The van der Waals surface area contributed by atoms with Crippen LogP contribution in [0.4, 0.5) is 0 Å². The van der Waals surface area contributed by atoms with Crippen molar-refractivity contribution in [3.05, 3.63) is 48.9 Å². The van der Waals surface area contributed by atoms with Gasteiger partial charge in [-0.25, -0.2) is 0 Å². The number of rotatable bonds is 5. The Morgan fingerprint density at radius 1 is 1.17 bits per heavy atom. The van der Waals surface area contributed by atoms with Crippen molar-refractivity contribution in [3.8, 4) is 0 Å². The average Bonchev–Trinajstić information content (AvgIpc) is 2.56. The molecule has 1 rings (SSSR count). The molecule has 1 aliphatic heterocycles. The molecule has 3 nitrogen and oxygen atoms in total. The van der Waals surface area contributed by atoms with Gasteiger partial charge in [0.25, 0.3) is 0 Å². The molecule has 3 heteroatoms. The van der Waals surface area contributed by atoms with Gasteiger partial charge in [0.1, 0.15) is 0 Å². The van der Waals surface area contributed by atoms with Crippen LogP contribution in [0, 0.1) is 0 Å². The van der Waals surface area contributed by atoms with Crippen LogP contribution in [0.15, 0.2) is 48.9 Å². The van der Waals surface area contributed by atoms with Crippen LogP contribution in [-0.2, 0) is 0 Å². The highest BCUT2D eigenvalue weighted by Crippen LogP contribution is 2.11. The Hall–Kier alpha value is -1.48. The fourth-order valence-electron chi connectivity index (χ4n) is 2.03. The summed E-state index contributed by atoms with van der Waals surface area (Å²) in [5.41, 5.74) is 7.83. The zero-order chi connectivity index (χ0) is 13.4. The molecule has 100 valence electrons. The van der Waals surface area contributed by atoms with Gasteiger partial charge in [-0.2, -0.15) is 0 Å². The number of hydrogen-bond donors (Lipinski definition) is 1. The third-order valence-corrected chi connectivity index (χ3v) is 3.14. The summed E-state index contributed by atoms with van der Waals surface area (Å²) in [6.07, 6.45) is 9.64. The Bertz CT molecular complexity index is 342. The van der Waals surface area contributed by atoms with E-state index in [4.69, 9.17) is 5.73 Å². The van der Waals surface area contributed by atoms with E-state index in [9.17, 15) is 0 Å². The van der Waals surface area contributed by atoms with Crippen molar-refractivity contribution >= 4 is 0 Å². The van der Waals surface area contributed by atoms with Crippen LogP contribution in [0.1, 0.15) is 12.8 Å². The molecule has 1 aliphatic rings. The zero-order valence-electron chi connectivity index (χ0n) is 11.4. The highest BCUT2D eigenvalue weighted by molar-refractivity contribution is 5.24. The minimum Gasteiger partial charge on any atom is -0.402 e. The van der Waals surface area contributed by atoms with E-state index < -0.39 is 0 Å². The second kappa shape index (κ2) is 7.77. The maximum atomic E-state index is 5.85. The minimum absolute atomic E-state index is 0.726. The third kappa shape index (κ3) is 4.80. The first-order valence-electron chi connectivity index (χ1n) is 6.50. The largest absolute Gasteiger partial charge is 0.402 e. The van der Waals surface area contributed by atoms with Gasteiger partial charge in [-0.05, 0) is 38.2 Å². The molecule has 0 aliphatic carbocycles. The number of allylic oxidation sites excluding steroid dienone is 4. The van der Waals surface area contributed by atoms with Gasteiger partial charge >= 0.3 is 0 Å². The summed E-state index contributed by atoms with van der Waals surface area (Å²) in [4.78, 5) is 4.73. The average molecular weight is 247 g/mol. The SMILES string of the molecule is C=CC/C(N)=C\C=C(/C=C)N1CCCN(C)CC1. The molecule has 0 amide bonds. The van der Waals surface area contributed by atoms with Gasteiger partial charge in [0.2, 0.25) is 0 Å². The van der Waals surface area contributed by atoms with E-state index in [2.05, 4.69) is 36.1 Å². The first-order valence-corrected chi connectivity index (χ1v) is 6.50. The lowest BCUT2D eigenvalue weighted by atomic mass is 10.2. The van der Waals surface area contributed by atoms with Crippen LogP contribution >= 0.6 is 0 Å². The lowest BCUT2D eigenvalue weighted by Gasteiger charge is -2.23. The van der Waals surface area contributed by atoms with E-state index in [1.54, 1.807) is 0 Å². The second-order valence-corrected chi connectivity index (χ2v) is 4.67. The molecule has 0 bridgehead atoms. The smallest absolute Gasteiger partial charge is 0.0361 e. The summed E-state index contributed by atoms with van der Waals surface area (Å²) in [7, 11) is 2.17. The fraction of sp³-hybridized carbons (Fsp3) is 0.467. The molecule has 2 N–H and O–H groups in total. The summed E-state index contributed by atoms with van der Waals surface area (Å²) in [5, 5.41) is 0. The Kier molecular flexibility index (Phi) is 6.29. The van der Waals surface area contributed by atoms with E-state index in [1.807, 2.05) is 18.2 Å². The topological polar surface area (TPSA) is 32.5 Å². The Balaban J connectivity index is 2.69. The lowest BCUT2D eigenvalue weighted by molar-refractivity contribution is 0.330. The number of nitrogens with zero attached hydrogens (tertiary/aromatic N) is 2. The fourth-order valence-corrected chi connectivity index (χ4v) is 2.03. The molecule has 0 saturated carbocycles. The molecule has 0 aromatic heterocycles. The standard InChI is InChI=1S/C15H25N3/c1-4-7-14(16)8-9-15(5-2)18-11-6-10-17(3)12-13-18/h4-5,8-9H,1-2,6-7,10-13,16H2,3H3/b14-8+,15-9+. The first-order chi connectivity index (χ1) is 8.67. The van der Waals surface area contributed by atoms with E-state index in [1.165, 1.54) is 6.42 Å². The van der Waals surface area contributed by atoms with Crippen LogP contribution in [0.25, 0.3) is 0 Å². The molecule has 1 saturated heterocycles. The molecule has 1 fully saturated rings. The van der Waals surface area contributed by atoms with Crippen LogP contribution in [0.3, 0.4) is 0 Å². The summed E-state index contributed by atoms with van der Waals surface area (Å²) in [5.74, 6) is 0. The number of likely N-dealkylation sites (N-methyl/N-ethyl adjacent to an activating group) is 1. The highest BCUT2D eigenvalue weighted by Gasteiger charge is 2.12. The molecule has 1 heterocycles. The monoisotopic (exact) mass is 247 g/mol. The van der Waals surface area contributed by atoms with Crippen LogP contribution in [-0.4, -0.2) is 43.0 Å². The Morgan fingerprint density at radius 3 is 2.61 bits per heavy atom. The van der Waals surface area contributed by atoms with Crippen molar-refractivity contribution < 1.29 is 0 Å². The van der Waals surface area contributed by atoms with Gasteiger partial charge < -0.3 is 15.5 Å². The summed E-state index contributed by atoms with van der Waals surface area (Å²) in [6.45, 7) is 12.0. The maximum Gasteiger partial charge on any atom is 0.0361 e. The minimum atomic E-state index is 0.726. The Labute approximate surface area is 111 Å². The van der Waals surface area contributed by atoms with Crippen molar-refractivity contribution in [2.24, 2.45) is 5.73 Å². The molecule has 0 atom stereocenters. The zero-order valence-corrected chi connectivity index (χ0v) is 11.4. The summed E-state index contributed by atoms with van der Waals surface area (Å²) in [6, 6.07) is 0. The van der Waals surface area contributed by atoms with E-state index >= 15 is 0 Å². The second-order valence-electron chi connectivity index (χ2n) is 4.67. The van der Waals surface area contributed by atoms with Crippen LogP contribution in [0.5, 0.6) is 0 Å². The first kappa shape index (κ1) is 14.6. The summed E-state index contributed by atoms with van der Waals surface area (Å²) < 4.78 is 0. The quantitative estimate of drug-likeness (QED) is 0.596. The molecular weight excluding hydrogens is 222 g/mol. The molecule has 0 unspecified atom stereocenters. The van der Waals surface area contributed by atoms with E-state index in [0.717, 1.165) is 44.0 Å². The van der Waals surface area contributed by atoms with E-state index in [-0.39, 0.29) is 0 Å². The predicted octanol–water partition coefficient (Wildman–Crippen LogP) is 2.11. The van der Waals surface area contributed by atoms with Crippen molar-refractivity contribution in [1.82, 2.24) is 9.80 Å². The third-order valence-electron chi connectivity index (χ3n) is 3.14. The lowest BCUT2D eigenvalue weighted by Crippen LogP contribution is -2.27. The van der Waals surface area contributed by atoms with Crippen molar-refractivity contribution in [2.45, 2.75) is 12.8 Å². The highest BCUT2D eigenvalue weighted by atomic mass is 15.2. The van der Waals surface area contributed by atoms with Crippen molar-refractivity contribution in [1.29, 1.82) is 0 Å². The van der Waals surface area contributed by atoms with E-state index in [0.29, 0.717) is 0 Å². The van der Waals surface area contributed by atoms with Gasteiger partial charge in [0, 0.05) is 37.4 Å². The predicted molar refractivity (Wildman–Crippen MR) is 79.1 cm³/mol. The maximum absolute atomic E-state index is 5.85. The van der Waals surface area contributed by atoms with Crippen LogP contribution in [0.2, 0.25) is 0 Å². The normalized spacial score (nSPS) is 19.5. The number of nitrogens with two attached hydrogens (primary N) is 1. The molecule has 0 spiro atoms. The van der Waals surface area contributed by atoms with Gasteiger partial charge in [-0.15, -0.1) is 6.58 Å². The molecule has 0 aromatic rings. The molecular formula is C15H25N3. The molecule has 0 radical (unpaired) electrons. The Morgan fingerprint density at radius 2 is 1.94 bits per heavy atom. The van der Waals surface area contributed by atoms with Gasteiger partial charge in [0.15, 0.2) is 0 Å². The molecule has 18 heavy (non-hydrogen) atoms. The van der Waals surface area contributed by atoms with Crippen molar-refractivity contribution in [3.63, 3.8) is 0 Å². The summed E-state index contributed by atoms with van der Waals surface area (Å²) >= 11 is 0. The van der Waals surface area contributed by atoms with Gasteiger partial charge in [0.05, 0.1) is 0 Å². The van der Waals surface area contributed by atoms with Crippen LogP contribution < -0.4 is 5.73 Å². The van der Waals surface area contributed by atoms with Gasteiger partial charge in [-0.1, -0.05) is 12.7 Å². The number of hydrogen-bond acceptors (Lipinski definition) is 3. The van der Waals surface area contributed by atoms with Crippen molar-refractivity contribution in [2.75, 3.05) is 33.2 Å². The van der Waals surface area contributed by atoms with Gasteiger partial charge in [-0.3, -0.25) is 0 Å².